The highest BCUT2D eigenvalue weighted by atomic mass is 32.1. The molecular formula is C12H18O2S. The van der Waals surface area contributed by atoms with Gasteiger partial charge in [0.05, 0.1) is 9.75 Å². The van der Waals surface area contributed by atoms with Crippen LogP contribution in [-0.2, 0) is 0 Å². The largest absolute Gasteiger partial charge is 0.294 e. The third kappa shape index (κ3) is 3.96. The number of Topliss-reactive ketones (excluding diaryl/α,β-unsaturated/α-hetero) is 2. The standard InChI is InChI=1S/C10H12O2S.C2H6/c1-6(2)10(12)9-5-4-8(13-9)7(3)11;1-2/h4-6H,1-3H3;1-2H3. The van der Waals surface area contributed by atoms with E-state index >= 15 is 0 Å². The molecule has 1 heterocycles. The van der Waals surface area contributed by atoms with Gasteiger partial charge in [-0.2, -0.15) is 0 Å². The molecule has 0 spiro atoms. The van der Waals surface area contributed by atoms with Gasteiger partial charge in [-0.15, -0.1) is 11.3 Å². The molecule has 0 aromatic carbocycles. The molecule has 1 aromatic heterocycles. The molecule has 0 bridgehead atoms. The van der Waals surface area contributed by atoms with Crippen LogP contribution in [0, 0.1) is 5.92 Å². The van der Waals surface area contributed by atoms with E-state index in [2.05, 4.69) is 0 Å². The zero-order chi connectivity index (χ0) is 12.0. The lowest BCUT2D eigenvalue weighted by Gasteiger charge is -1.98. The van der Waals surface area contributed by atoms with Gasteiger partial charge in [0, 0.05) is 5.92 Å². The van der Waals surface area contributed by atoms with Gasteiger partial charge in [-0.25, -0.2) is 0 Å². The molecule has 0 aliphatic carbocycles. The average molecular weight is 226 g/mol. The number of thiophene rings is 1. The minimum atomic E-state index is -0.00143. The number of hydrogen-bond donors (Lipinski definition) is 0. The zero-order valence-electron chi connectivity index (χ0n) is 9.96. The van der Waals surface area contributed by atoms with Gasteiger partial charge < -0.3 is 0 Å². The highest BCUT2D eigenvalue weighted by Gasteiger charge is 2.13. The molecule has 0 unspecified atom stereocenters. The summed E-state index contributed by atoms with van der Waals surface area (Å²) in [6.45, 7) is 9.22. The molecule has 1 aromatic rings. The van der Waals surface area contributed by atoms with Crippen molar-refractivity contribution < 1.29 is 9.59 Å². The van der Waals surface area contributed by atoms with Crippen LogP contribution in [0.25, 0.3) is 0 Å². The van der Waals surface area contributed by atoms with Crippen LogP contribution in [-0.4, -0.2) is 11.6 Å². The molecule has 0 N–H and O–H groups in total. The zero-order valence-corrected chi connectivity index (χ0v) is 10.8. The second-order valence-corrected chi connectivity index (χ2v) is 4.32. The first-order valence-corrected chi connectivity index (χ1v) is 5.99. The second kappa shape index (κ2) is 6.51. The van der Waals surface area contributed by atoms with Crippen molar-refractivity contribution in [2.45, 2.75) is 34.6 Å². The van der Waals surface area contributed by atoms with Gasteiger partial charge in [0.25, 0.3) is 0 Å². The molecule has 3 heteroatoms. The molecule has 0 aliphatic rings. The van der Waals surface area contributed by atoms with E-state index in [4.69, 9.17) is 0 Å². The molecule has 0 radical (unpaired) electrons. The van der Waals surface area contributed by atoms with Crippen LogP contribution in [0.2, 0.25) is 0 Å². The predicted octanol–water partition coefficient (Wildman–Crippen LogP) is 3.82. The Hall–Kier alpha value is -0.960. The quantitative estimate of drug-likeness (QED) is 0.734. The summed E-state index contributed by atoms with van der Waals surface area (Å²) in [5.41, 5.74) is 0. The van der Waals surface area contributed by atoms with Crippen molar-refractivity contribution in [2.75, 3.05) is 0 Å². The fraction of sp³-hybridized carbons (Fsp3) is 0.500. The fourth-order valence-corrected chi connectivity index (χ4v) is 1.93. The molecule has 84 valence electrons. The fourth-order valence-electron chi connectivity index (χ4n) is 0.944. The summed E-state index contributed by atoms with van der Waals surface area (Å²) in [7, 11) is 0. The Kier molecular flexibility index (Phi) is 6.09. The van der Waals surface area contributed by atoms with Crippen LogP contribution in [0.15, 0.2) is 12.1 Å². The molecule has 1 rings (SSSR count). The molecule has 0 amide bonds. The summed E-state index contributed by atoms with van der Waals surface area (Å²) in [5, 5.41) is 0. The number of carbonyl (C=O) groups is 2. The van der Waals surface area contributed by atoms with Gasteiger partial charge in [0.2, 0.25) is 0 Å². The first kappa shape index (κ1) is 14.0. The summed E-state index contributed by atoms with van der Waals surface area (Å²) >= 11 is 1.28. The van der Waals surface area contributed by atoms with E-state index in [0.717, 1.165) is 0 Å². The Morgan fingerprint density at radius 2 is 1.60 bits per heavy atom. The van der Waals surface area contributed by atoms with Gasteiger partial charge in [-0.3, -0.25) is 9.59 Å². The van der Waals surface area contributed by atoms with Crippen molar-refractivity contribution >= 4 is 22.9 Å². The maximum absolute atomic E-state index is 11.5. The van der Waals surface area contributed by atoms with Gasteiger partial charge in [0.15, 0.2) is 11.6 Å². The molecule has 0 atom stereocenters. The molecule has 0 aliphatic heterocycles. The normalized spacial score (nSPS) is 9.47. The minimum absolute atomic E-state index is 0.00143. The smallest absolute Gasteiger partial charge is 0.175 e. The lowest BCUT2D eigenvalue weighted by Crippen LogP contribution is -2.04. The van der Waals surface area contributed by atoms with E-state index < -0.39 is 0 Å². The Balaban J connectivity index is 0.000000921. The maximum atomic E-state index is 11.5. The third-order valence-electron chi connectivity index (χ3n) is 1.72. The molecule has 0 saturated heterocycles. The number of carbonyl (C=O) groups excluding carboxylic acids is 2. The topological polar surface area (TPSA) is 34.1 Å². The van der Waals surface area contributed by atoms with E-state index in [1.807, 2.05) is 27.7 Å². The first-order chi connectivity index (χ1) is 7.02. The Morgan fingerprint density at radius 1 is 1.13 bits per heavy atom. The van der Waals surface area contributed by atoms with Crippen LogP contribution in [0.1, 0.15) is 54.0 Å². The van der Waals surface area contributed by atoms with E-state index in [-0.39, 0.29) is 17.5 Å². The maximum Gasteiger partial charge on any atom is 0.175 e. The lowest BCUT2D eigenvalue weighted by atomic mass is 10.1. The molecule has 15 heavy (non-hydrogen) atoms. The summed E-state index contributed by atoms with van der Waals surface area (Å²) in [5.74, 6) is 0.128. The molecule has 0 fully saturated rings. The minimum Gasteiger partial charge on any atom is -0.294 e. The van der Waals surface area contributed by atoms with Crippen LogP contribution in [0.5, 0.6) is 0 Å². The van der Waals surface area contributed by atoms with Crippen molar-refractivity contribution in [3.63, 3.8) is 0 Å². The van der Waals surface area contributed by atoms with E-state index in [9.17, 15) is 9.59 Å². The highest BCUT2D eigenvalue weighted by molar-refractivity contribution is 7.16. The van der Waals surface area contributed by atoms with Crippen LogP contribution in [0.4, 0.5) is 0 Å². The third-order valence-corrected chi connectivity index (χ3v) is 2.92. The highest BCUT2D eigenvalue weighted by Crippen LogP contribution is 2.19. The Labute approximate surface area is 95.3 Å². The SMILES string of the molecule is CC.CC(=O)c1ccc(C(=O)C(C)C)s1. The van der Waals surface area contributed by atoms with Gasteiger partial charge in [-0.1, -0.05) is 27.7 Å². The lowest BCUT2D eigenvalue weighted by molar-refractivity contribution is 0.0943. The van der Waals surface area contributed by atoms with Gasteiger partial charge in [0.1, 0.15) is 0 Å². The Morgan fingerprint density at radius 3 is 1.93 bits per heavy atom. The predicted molar refractivity (Wildman–Crippen MR) is 64.8 cm³/mol. The Bertz CT molecular complexity index is 337. The summed E-state index contributed by atoms with van der Waals surface area (Å²) < 4.78 is 0. The van der Waals surface area contributed by atoms with Crippen LogP contribution < -0.4 is 0 Å². The number of rotatable bonds is 3. The van der Waals surface area contributed by atoms with Crippen molar-refractivity contribution in [1.29, 1.82) is 0 Å². The summed E-state index contributed by atoms with van der Waals surface area (Å²) in [4.78, 5) is 23.8. The van der Waals surface area contributed by atoms with Crippen molar-refractivity contribution in [3.8, 4) is 0 Å². The van der Waals surface area contributed by atoms with Crippen molar-refractivity contribution in [3.05, 3.63) is 21.9 Å². The summed E-state index contributed by atoms with van der Waals surface area (Å²) in [6.07, 6.45) is 0. The van der Waals surface area contributed by atoms with E-state index in [0.29, 0.717) is 9.75 Å². The van der Waals surface area contributed by atoms with E-state index in [1.165, 1.54) is 18.3 Å². The number of hydrogen-bond acceptors (Lipinski definition) is 3. The van der Waals surface area contributed by atoms with E-state index in [1.54, 1.807) is 12.1 Å². The monoisotopic (exact) mass is 226 g/mol. The number of ketones is 2. The van der Waals surface area contributed by atoms with Gasteiger partial charge >= 0.3 is 0 Å². The van der Waals surface area contributed by atoms with Crippen LogP contribution in [0.3, 0.4) is 0 Å². The molecular weight excluding hydrogens is 208 g/mol. The van der Waals surface area contributed by atoms with Crippen LogP contribution >= 0.6 is 11.3 Å². The van der Waals surface area contributed by atoms with Gasteiger partial charge in [-0.05, 0) is 19.1 Å². The first-order valence-electron chi connectivity index (χ1n) is 5.17. The van der Waals surface area contributed by atoms with Crippen molar-refractivity contribution in [1.82, 2.24) is 0 Å². The molecule has 0 saturated carbocycles. The average Bonchev–Trinajstić information content (AvgIpc) is 2.68. The van der Waals surface area contributed by atoms with Crippen molar-refractivity contribution in [2.24, 2.45) is 5.92 Å². The summed E-state index contributed by atoms with van der Waals surface area (Å²) in [6, 6.07) is 3.44. The molecule has 2 nitrogen and oxygen atoms in total. The second-order valence-electron chi connectivity index (χ2n) is 3.24.